The van der Waals surface area contributed by atoms with Crippen molar-refractivity contribution in [2.45, 2.75) is 25.8 Å². The second-order valence-corrected chi connectivity index (χ2v) is 6.33. The number of ether oxygens (including phenoxy) is 1. The first-order valence-electron chi connectivity index (χ1n) is 7.69. The summed E-state index contributed by atoms with van der Waals surface area (Å²) in [5, 5.41) is 0. The average Bonchev–Trinajstić information content (AvgIpc) is 2.53. The highest BCUT2D eigenvalue weighted by atomic mass is 19.3. The molecule has 25 heavy (non-hydrogen) atoms. The van der Waals surface area contributed by atoms with Crippen LogP contribution in [0.3, 0.4) is 0 Å². The lowest BCUT2D eigenvalue weighted by Crippen LogP contribution is -2.54. The van der Waals surface area contributed by atoms with Crippen LogP contribution in [0.15, 0.2) is 12.3 Å². The molecule has 0 radical (unpaired) electrons. The maximum atomic E-state index is 13.4. The second kappa shape index (κ2) is 6.36. The van der Waals surface area contributed by atoms with Crippen molar-refractivity contribution in [3.05, 3.63) is 17.8 Å². The molecule has 1 aliphatic rings. The first-order valence-corrected chi connectivity index (χ1v) is 7.69. The number of morpholine rings is 1. The van der Waals surface area contributed by atoms with Crippen molar-refractivity contribution in [1.82, 2.24) is 19.9 Å². The highest BCUT2D eigenvalue weighted by molar-refractivity contribution is 5.63. The van der Waals surface area contributed by atoms with E-state index >= 15 is 0 Å². The third kappa shape index (κ3) is 3.43. The van der Waals surface area contributed by atoms with Crippen LogP contribution >= 0.6 is 0 Å². The van der Waals surface area contributed by atoms with Crippen LogP contribution in [-0.4, -0.2) is 45.2 Å². The van der Waals surface area contributed by atoms with Gasteiger partial charge in [-0.15, -0.1) is 0 Å². The summed E-state index contributed by atoms with van der Waals surface area (Å²) in [5.41, 5.74) is 10.7. The SMILES string of the molecule is CC1(C)COCCN1c1nc(N)nc(-c2cnc(N)cc2C(F)F)n1. The number of nitrogen functional groups attached to an aromatic ring is 2. The van der Waals surface area contributed by atoms with Crippen LogP contribution < -0.4 is 16.4 Å². The van der Waals surface area contributed by atoms with E-state index in [4.69, 9.17) is 16.2 Å². The lowest BCUT2D eigenvalue weighted by molar-refractivity contribution is 0.0634. The van der Waals surface area contributed by atoms with Crippen LogP contribution in [0.5, 0.6) is 0 Å². The summed E-state index contributed by atoms with van der Waals surface area (Å²) >= 11 is 0. The Kier molecular flexibility index (Phi) is 4.38. The second-order valence-electron chi connectivity index (χ2n) is 6.33. The van der Waals surface area contributed by atoms with Crippen molar-refractivity contribution in [1.29, 1.82) is 0 Å². The molecule has 1 fully saturated rings. The molecule has 134 valence electrons. The molecule has 0 amide bonds. The zero-order chi connectivity index (χ0) is 18.2. The van der Waals surface area contributed by atoms with Crippen LogP contribution in [0.2, 0.25) is 0 Å². The van der Waals surface area contributed by atoms with Gasteiger partial charge in [0.05, 0.1) is 18.8 Å². The first-order chi connectivity index (χ1) is 11.8. The number of hydrogen-bond acceptors (Lipinski definition) is 8. The smallest absolute Gasteiger partial charge is 0.264 e. The van der Waals surface area contributed by atoms with Crippen LogP contribution in [0.1, 0.15) is 25.8 Å². The van der Waals surface area contributed by atoms with Gasteiger partial charge in [-0.2, -0.15) is 15.0 Å². The normalized spacial score (nSPS) is 17.1. The fourth-order valence-corrected chi connectivity index (χ4v) is 2.71. The van der Waals surface area contributed by atoms with E-state index in [1.165, 1.54) is 6.20 Å². The lowest BCUT2D eigenvalue weighted by atomic mass is 10.0. The number of alkyl halides is 2. The maximum absolute atomic E-state index is 13.4. The van der Waals surface area contributed by atoms with E-state index < -0.39 is 6.43 Å². The van der Waals surface area contributed by atoms with Crippen molar-refractivity contribution in [2.24, 2.45) is 0 Å². The average molecular weight is 351 g/mol. The standard InChI is InChI=1S/C15H19F2N7O/c1-15(2)7-25-4-3-24(15)14-22-12(21-13(19)23-14)9-6-20-10(18)5-8(9)11(16)17/h5-6,11H,3-4,7H2,1-2H3,(H2,18,20)(H2,19,21,22,23). The van der Waals surface area contributed by atoms with Gasteiger partial charge in [0.15, 0.2) is 5.82 Å². The molecule has 0 saturated carbocycles. The van der Waals surface area contributed by atoms with Gasteiger partial charge in [-0.05, 0) is 19.9 Å². The molecule has 3 rings (SSSR count). The molecule has 0 unspecified atom stereocenters. The molecule has 0 aliphatic carbocycles. The van der Waals surface area contributed by atoms with E-state index in [2.05, 4.69) is 19.9 Å². The highest BCUT2D eigenvalue weighted by Crippen LogP contribution is 2.32. The topological polar surface area (TPSA) is 116 Å². The zero-order valence-electron chi connectivity index (χ0n) is 13.9. The van der Waals surface area contributed by atoms with Gasteiger partial charge < -0.3 is 21.1 Å². The minimum Gasteiger partial charge on any atom is -0.384 e. The number of aromatic nitrogens is 4. The lowest BCUT2D eigenvalue weighted by Gasteiger charge is -2.42. The fourth-order valence-electron chi connectivity index (χ4n) is 2.71. The summed E-state index contributed by atoms with van der Waals surface area (Å²) in [7, 11) is 0. The molecule has 10 heteroatoms. The molecule has 4 N–H and O–H groups in total. The predicted octanol–water partition coefficient (Wildman–Crippen LogP) is 1.65. The molecule has 0 aromatic carbocycles. The summed E-state index contributed by atoms with van der Waals surface area (Å²) in [4.78, 5) is 18.3. The van der Waals surface area contributed by atoms with Crippen LogP contribution in [0.4, 0.5) is 26.5 Å². The van der Waals surface area contributed by atoms with Crippen LogP contribution in [-0.2, 0) is 4.74 Å². The van der Waals surface area contributed by atoms with Gasteiger partial charge >= 0.3 is 0 Å². The van der Waals surface area contributed by atoms with Gasteiger partial charge in [-0.1, -0.05) is 0 Å². The first kappa shape index (κ1) is 17.2. The Balaban J connectivity index is 2.09. The number of pyridine rings is 1. The summed E-state index contributed by atoms with van der Waals surface area (Å²) in [5.74, 6) is 0.287. The maximum Gasteiger partial charge on any atom is 0.264 e. The Bertz CT molecular complexity index is 784. The Labute approximate surface area is 143 Å². The van der Waals surface area contributed by atoms with Gasteiger partial charge in [0, 0.05) is 23.9 Å². The van der Waals surface area contributed by atoms with Crippen molar-refractivity contribution in [3.63, 3.8) is 0 Å². The number of hydrogen-bond donors (Lipinski definition) is 2. The predicted molar refractivity (Wildman–Crippen MR) is 89.1 cm³/mol. The molecule has 1 aliphatic heterocycles. The van der Waals surface area contributed by atoms with Crippen molar-refractivity contribution in [2.75, 3.05) is 36.1 Å². The molecule has 8 nitrogen and oxygen atoms in total. The summed E-state index contributed by atoms with van der Waals surface area (Å²) in [6, 6.07) is 1.11. The fraction of sp³-hybridized carbons (Fsp3) is 0.467. The molecule has 0 bridgehead atoms. The number of rotatable bonds is 3. The number of nitrogens with zero attached hydrogens (tertiary/aromatic N) is 5. The quantitative estimate of drug-likeness (QED) is 0.857. The van der Waals surface area contributed by atoms with E-state index in [9.17, 15) is 8.78 Å². The van der Waals surface area contributed by atoms with Gasteiger partial charge in [-0.25, -0.2) is 13.8 Å². The Hall–Kier alpha value is -2.62. The molecule has 2 aromatic rings. The summed E-state index contributed by atoms with van der Waals surface area (Å²) in [6.07, 6.45) is -1.53. The molecule has 0 spiro atoms. The highest BCUT2D eigenvalue weighted by Gasteiger charge is 2.33. The summed E-state index contributed by atoms with van der Waals surface area (Å²) in [6.45, 7) is 5.50. The number of anilines is 3. The Morgan fingerprint density at radius 2 is 2.00 bits per heavy atom. The van der Waals surface area contributed by atoms with Crippen molar-refractivity contribution in [3.8, 4) is 11.4 Å². The van der Waals surface area contributed by atoms with Gasteiger partial charge in [0.25, 0.3) is 6.43 Å². The minimum atomic E-state index is -2.75. The number of nitrogens with two attached hydrogens (primary N) is 2. The zero-order valence-corrected chi connectivity index (χ0v) is 13.9. The Morgan fingerprint density at radius 1 is 1.24 bits per heavy atom. The van der Waals surface area contributed by atoms with Crippen molar-refractivity contribution >= 4 is 17.7 Å². The van der Waals surface area contributed by atoms with E-state index in [0.29, 0.717) is 25.7 Å². The third-order valence-corrected chi connectivity index (χ3v) is 3.96. The minimum absolute atomic E-state index is 0.00406. The summed E-state index contributed by atoms with van der Waals surface area (Å²) < 4.78 is 32.2. The molecule has 3 heterocycles. The number of halogens is 2. The van der Waals surface area contributed by atoms with Crippen LogP contribution in [0, 0.1) is 0 Å². The van der Waals surface area contributed by atoms with E-state index in [1.54, 1.807) is 0 Å². The molecule has 1 saturated heterocycles. The van der Waals surface area contributed by atoms with E-state index in [0.717, 1.165) is 6.07 Å². The van der Waals surface area contributed by atoms with Crippen LogP contribution in [0.25, 0.3) is 11.4 Å². The van der Waals surface area contributed by atoms with E-state index in [1.807, 2.05) is 18.7 Å². The molecule has 0 atom stereocenters. The molecular formula is C15H19F2N7O. The van der Waals surface area contributed by atoms with Gasteiger partial charge in [-0.3, -0.25) is 0 Å². The van der Waals surface area contributed by atoms with Crippen molar-refractivity contribution < 1.29 is 13.5 Å². The largest absolute Gasteiger partial charge is 0.384 e. The van der Waals surface area contributed by atoms with E-state index in [-0.39, 0.29) is 34.3 Å². The Morgan fingerprint density at radius 3 is 2.68 bits per heavy atom. The third-order valence-electron chi connectivity index (χ3n) is 3.96. The molecular weight excluding hydrogens is 332 g/mol. The van der Waals surface area contributed by atoms with Gasteiger partial charge in [0.1, 0.15) is 5.82 Å². The monoisotopic (exact) mass is 351 g/mol. The molecule has 2 aromatic heterocycles. The van der Waals surface area contributed by atoms with Gasteiger partial charge in [0.2, 0.25) is 11.9 Å².